The molecular weight excluding hydrogens is 272 g/mol. The SMILES string of the molecule is COCC(CNC1CC(=O)N(c2ccccc2)C1=O)OC. The first-order valence-corrected chi connectivity index (χ1v) is 6.84. The Bertz CT molecular complexity index is 492. The molecule has 114 valence electrons. The fourth-order valence-corrected chi connectivity index (χ4v) is 2.31. The van der Waals surface area contributed by atoms with Gasteiger partial charge in [-0.1, -0.05) is 18.2 Å². The van der Waals surface area contributed by atoms with Gasteiger partial charge in [-0.15, -0.1) is 0 Å². The van der Waals surface area contributed by atoms with Crippen molar-refractivity contribution in [3.8, 4) is 0 Å². The summed E-state index contributed by atoms with van der Waals surface area (Å²) < 4.78 is 10.2. The Labute approximate surface area is 124 Å². The first kappa shape index (κ1) is 15.6. The van der Waals surface area contributed by atoms with Gasteiger partial charge in [0.15, 0.2) is 0 Å². The zero-order chi connectivity index (χ0) is 15.2. The quantitative estimate of drug-likeness (QED) is 0.744. The molecule has 2 unspecified atom stereocenters. The largest absolute Gasteiger partial charge is 0.382 e. The Hall–Kier alpha value is -1.76. The molecule has 1 aliphatic rings. The predicted molar refractivity (Wildman–Crippen MR) is 78.0 cm³/mol. The Kier molecular flexibility index (Phi) is 5.44. The van der Waals surface area contributed by atoms with Gasteiger partial charge in [-0.3, -0.25) is 9.59 Å². The number of imide groups is 1. The lowest BCUT2D eigenvalue weighted by atomic mass is 10.2. The van der Waals surface area contributed by atoms with Crippen LogP contribution >= 0.6 is 0 Å². The van der Waals surface area contributed by atoms with E-state index in [1.165, 1.54) is 4.90 Å². The minimum atomic E-state index is -0.507. The molecular formula is C15H20N2O4. The van der Waals surface area contributed by atoms with Gasteiger partial charge in [0.05, 0.1) is 30.9 Å². The minimum absolute atomic E-state index is 0.149. The van der Waals surface area contributed by atoms with Gasteiger partial charge in [-0.25, -0.2) is 4.90 Å². The van der Waals surface area contributed by atoms with E-state index in [2.05, 4.69) is 5.32 Å². The highest BCUT2D eigenvalue weighted by atomic mass is 16.5. The van der Waals surface area contributed by atoms with E-state index in [1.807, 2.05) is 6.07 Å². The van der Waals surface area contributed by atoms with Gasteiger partial charge in [0, 0.05) is 20.8 Å². The van der Waals surface area contributed by atoms with Crippen LogP contribution in [-0.2, 0) is 19.1 Å². The summed E-state index contributed by atoms with van der Waals surface area (Å²) in [6, 6.07) is 8.44. The summed E-state index contributed by atoms with van der Waals surface area (Å²) in [5.41, 5.74) is 0.608. The molecule has 6 nitrogen and oxygen atoms in total. The number of nitrogens with one attached hydrogen (secondary N) is 1. The van der Waals surface area contributed by atoms with Crippen LogP contribution in [0.4, 0.5) is 5.69 Å². The van der Waals surface area contributed by atoms with Gasteiger partial charge in [-0.05, 0) is 12.1 Å². The van der Waals surface area contributed by atoms with Crippen molar-refractivity contribution in [2.75, 3.05) is 32.3 Å². The van der Waals surface area contributed by atoms with Gasteiger partial charge >= 0.3 is 0 Å². The molecule has 0 saturated carbocycles. The van der Waals surface area contributed by atoms with Crippen molar-refractivity contribution in [2.24, 2.45) is 0 Å². The molecule has 0 spiro atoms. The van der Waals surface area contributed by atoms with Crippen molar-refractivity contribution < 1.29 is 19.1 Å². The molecule has 6 heteroatoms. The number of para-hydroxylation sites is 1. The van der Waals surface area contributed by atoms with Crippen molar-refractivity contribution in [3.05, 3.63) is 30.3 Å². The van der Waals surface area contributed by atoms with Crippen LogP contribution in [0.3, 0.4) is 0 Å². The van der Waals surface area contributed by atoms with Crippen LogP contribution in [0, 0.1) is 0 Å². The number of anilines is 1. The van der Waals surface area contributed by atoms with Crippen molar-refractivity contribution in [3.63, 3.8) is 0 Å². The van der Waals surface area contributed by atoms with Crippen molar-refractivity contribution in [2.45, 2.75) is 18.6 Å². The summed E-state index contributed by atoms with van der Waals surface area (Å²) in [5, 5.41) is 3.08. The second-order valence-electron chi connectivity index (χ2n) is 4.88. The second-order valence-corrected chi connectivity index (χ2v) is 4.88. The standard InChI is InChI=1S/C15H20N2O4/c1-20-10-12(21-2)9-16-13-8-14(18)17(15(13)19)11-6-4-3-5-7-11/h3-7,12-13,16H,8-10H2,1-2H3. The maximum absolute atomic E-state index is 12.3. The van der Waals surface area contributed by atoms with E-state index in [9.17, 15) is 9.59 Å². The number of methoxy groups -OCH3 is 2. The number of benzene rings is 1. The number of hydrogen-bond donors (Lipinski definition) is 1. The molecule has 1 saturated heterocycles. The first-order valence-electron chi connectivity index (χ1n) is 6.84. The van der Waals surface area contributed by atoms with E-state index < -0.39 is 6.04 Å². The van der Waals surface area contributed by atoms with Crippen LogP contribution in [-0.4, -0.2) is 51.3 Å². The molecule has 0 aromatic heterocycles. The summed E-state index contributed by atoms with van der Waals surface area (Å²) >= 11 is 0. The normalized spacial score (nSPS) is 20.1. The predicted octanol–water partition coefficient (Wildman–Crippen LogP) is 0.569. The maximum atomic E-state index is 12.3. The third-order valence-electron chi connectivity index (χ3n) is 3.44. The number of ether oxygens (including phenoxy) is 2. The number of rotatable bonds is 7. The summed E-state index contributed by atoms with van der Waals surface area (Å²) in [6.45, 7) is 0.886. The third kappa shape index (κ3) is 3.66. The zero-order valence-electron chi connectivity index (χ0n) is 12.2. The first-order chi connectivity index (χ1) is 10.2. The van der Waals surface area contributed by atoms with Crippen LogP contribution in [0.25, 0.3) is 0 Å². The molecule has 1 aliphatic heterocycles. The number of nitrogens with zero attached hydrogens (tertiary/aromatic N) is 1. The number of hydrogen-bond acceptors (Lipinski definition) is 5. The Morgan fingerprint density at radius 1 is 1.29 bits per heavy atom. The summed E-state index contributed by atoms with van der Waals surface area (Å²) in [6.07, 6.45) is 0.0145. The molecule has 1 fully saturated rings. The van der Waals surface area contributed by atoms with E-state index in [0.717, 1.165) is 0 Å². The van der Waals surface area contributed by atoms with Gasteiger partial charge in [0.1, 0.15) is 0 Å². The summed E-state index contributed by atoms with van der Waals surface area (Å²) in [5.74, 6) is -0.414. The Morgan fingerprint density at radius 2 is 2.00 bits per heavy atom. The fourth-order valence-electron chi connectivity index (χ4n) is 2.31. The molecule has 2 atom stereocenters. The summed E-state index contributed by atoms with van der Waals surface area (Å²) in [7, 11) is 3.18. The summed E-state index contributed by atoms with van der Waals surface area (Å²) in [4.78, 5) is 25.6. The zero-order valence-corrected chi connectivity index (χ0v) is 12.2. The lowest BCUT2D eigenvalue weighted by molar-refractivity contribution is -0.121. The number of carbonyl (C=O) groups excluding carboxylic acids is 2. The maximum Gasteiger partial charge on any atom is 0.251 e. The van der Waals surface area contributed by atoms with E-state index in [1.54, 1.807) is 38.5 Å². The van der Waals surface area contributed by atoms with Crippen molar-refractivity contribution >= 4 is 17.5 Å². The van der Waals surface area contributed by atoms with Gasteiger partial charge < -0.3 is 14.8 Å². The molecule has 1 N–H and O–H groups in total. The van der Waals surface area contributed by atoms with Crippen molar-refractivity contribution in [1.82, 2.24) is 5.32 Å². The smallest absolute Gasteiger partial charge is 0.251 e. The number of amides is 2. The van der Waals surface area contributed by atoms with Crippen LogP contribution in [0.15, 0.2) is 30.3 Å². The topological polar surface area (TPSA) is 67.9 Å². The van der Waals surface area contributed by atoms with Crippen LogP contribution in [0.2, 0.25) is 0 Å². The monoisotopic (exact) mass is 292 g/mol. The fraction of sp³-hybridized carbons (Fsp3) is 0.467. The Morgan fingerprint density at radius 3 is 2.62 bits per heavy atom. The second kappa shape index (κ2) is 7.31. The average molecular weight is 292 g/mol. The van der Waals surface area contributed by atoms with E-state index in [4.69, 9.17) is 9.47 Å². The minimum Gasteiger partial charge on any atom is -0.382 e. The van der Waals surface area contributed by atoms with Gasteiger partial charge in [-0.2, -0.15) is 0 Å². The van der Waals surface area contributed by atoms with Crippen LogP contribution in [0.1, 0.15) is 6.42 Å². The van der Waals surface area contributed by atoms with E-state index in [-0.39, 0.29) is 24.3 Å². The molecule has 21 heavy (non-hydrogen) atoms. The molecule has 1 heterocycles. The molecule has 0 bridgehead atoms. The highest BCUT2D eigenvalue weighted by Crippen LogP contribution is 2.22. The van der Waals surface area contributed by atoms with Crippen LogP contribution in [0.5, 0.6) is 0 Å². The van der Waals surface area contributed by atoms with Gasteiger partial charge in [0.2, 0.25) is 5.91 Å². The third-order valence-corrected chi connectivity index (χ3v) is 3.44. The lowest BCUT2D eigenvalue weighted by Crippen LogP contribution is -2.43. The average Bonchev–Trinajstić information content (AvgIpc) is 2.78. The lowest BCUT2D eigenvalue weighted by Gasteiger charge is -2.18. The van der Waals surface area contributed by atoms with Crippen molar-refractivity contribution in [1.29, 1.82) is 0 Å². The number of carbonyl (C=O) groups is 2. The van der Waals surface area contributed by atoms with Crippen LogP contribution < -0.4 is 10.2 Å². The Balaban J connectivity index is 1.98. The molecule has 0 radical (unpaired) electrons. The molecule has 1 aromatic rings. The molecule has 1 aromatic carbocycles. The highest BCUT2D eigenvalue weighted by molar-refractivity contribution is 6.22. The molecule has 2 amide bonds. The molecule has 2 rings (SSSR count). The van der Waals surface area contributed by atoms with Gasteiger partial charge in [0.25, 0.3) is 5.91 Å². The van der Waals surface area contributed by atoms with E-state index in [0.29, 0.717) is 18.8 Å². The van der Waals surface area contributed by atoms with E-state index >= 15 is 0 Å². The molecule has 0 aliphatic carbocycles. The highest BCUT2D eigenvalue weighted by Gasteiger charge is 2.39.